The summed E-state index contributed by atoms with van der Waals surface area (Å²) in [5.74, 6) is 0. The van der Waals surface area contributed by atoms with E-state index in [2.05, 4.69) is 26.0 Å². The van der Waals surface area contributed by atoms with Crippen LogP contribution < -0.4 is 0 Å². The maximum Gasteiger partial charge on any atom is 0.0654 e. The summed E-state index contributed by atoms with van der Waals surface area (Å²) in [6, 6.07) is 0. The van der Waals surface area contributed by atoms with Crippen molar-refractivity contribution >= 4 is 0 Å². The molecule has 0 unspecified atom stereocenters. The second-order valence-corrected chi connectivity index (χ2v) is 4.29. The summed E-state index contributed by atoms with van der Waals surface area (Å²) in [5, 5.41) is 17.3. The molecule has 0 amide bonds. The number of ether oxygens (including phenoxy) is 1. The molecule has 0 saturated carbocycles. The Bertz CT molecular complexity index is 208. The van der Waals surface area contributed by atoms with E-state index >= 15 is 0 Å². The second kappa shape index (κ2) is 11.8. The summed E-state index contributed by atoms with van der Waals surface area (Å²) in [4.78, 5) is 0. The van der Waals surface area contributed by atoms with E-state index in [1.807, 2.05) is 0 Å². The fourth-order valence-electron chi connectivity index (χ4n) is 1.39. The molecule has 100 valence electrons. The molecule has 0 aliphatic heterocycles. The molecular weight excluding hydrogens is 216 g/mol. The van der Waals surface area contributed by atoms with Gasteiger partial charge < -0.3 is 14.9 Å². The van der Waals surface area contributed by atoms with Gasteiger partial charge in [0, 0.05) is 13.2 Å². The molecule has 3 heteroatoms. The minimum atomic E-state index is 0.249. The average molecular weight is 242 g/mol. The van der Waals surface area contributed by atoms with E-state index in [0.29, 0.717) is 13.2 Å². The number of hydrogen-bond acceptors (Lipinski definition) is 3. The first-order chi connectivity index (χ1) is 8.20. The molecule has 0 atom stereocenters. The highest BCUT2D eigenvalue weighted by atomic mass is 16.5. The average Bonchev–Trinajstić information content (AvgIpc) is 2.33. The van der Waals surface area contributed by atoms with Crippen molar-refractivity contribution in [2.75, 3.05) is 26.4 Å². The molecule has 0 aromatic carbocycles. The van der Waals surface area contributed by atoms with Crippen LogP contribution in [0.4, 0.5) is 0 Å². The summed E-state index contributed by atoms with van der Waals surface area (Å²) in [7, 11) is 0. The minimum Gasteiger partial charge on any atom is -0.396 e. The van der Waals surface area contributed by atoms with Gasteiger partial charge in [0.1, 0.15) is 0 Å². The van der Waals surface area contributed by atoms with E-state index in [0.717, 1.165) is 25.7 Å². The van der Waals surface area contributed by atoms with Crippen LogP contribution in [0.5, 0.6) is 0 Å². The fraction of sp³-hybridized carbons (Fsp3) is 0.714. The molecule has 0 heterocycles. The first kappa shape index (κ1) is 16.4. The van der Waals surface area contributed by atoms with Crippen LogP contribution >= 0.6 is 0 Å². The molecule has 3 nitrogen and oxygen atoms in total. The zero-order chi connectivity index (χ0) is 12.9. The van der Waals surface area contributed by atoms with Crippen molar-refractivity contribution in [3.8, 4) is 0 Å². The Morgan fingerprint density at radius 3 is 1.65 bits per heavy atom. The van der Waals surface area contributed by atoms with Gasteiger partial charge in [0.05, 0.1) is 13.2 Å². The number of aliphatic hydroxyl groups excluding tert-OH is 2. The summed E-state index contributed by atoms with van der Waals surface area (Å²) in [5.41, 5.74) is 2.53. The maximum absolute atomic E-state index is 8.67. The summed E-state index contributed by atoms with van der Waals surface area (Å²) in [6.07, 6.45) is 7.64. The van der Waals surface area contributed by atoms with Crippen LogP contribution in [0.3, 0.4) is 0 Å². The van der Waals surface area contributed by atoms with E-state index in [9.17, 15) is 0 Å². The van der Waals surface area contributed by atoms with Gasteiger partial charge in [0.2, 0.25) is 0 Å². The molecule has 0 saturated heterocycles. The quantitative estimate of drug-likeness (QED) is 0.457. The zero-order valence-electron chi connectivity index (χ0n) is 11.1. The Morgan fingerprint density at radius 2 is 1.29 bits per heavy atom. The Labute approximate surface area is 105 Å². The first-order valence-electron chi connectivity index (χ1n) is 6.31. The van der Waals surface area contributed by atoms with Gasteiger partial charge in [-0.3, -0.25) is 0 Å². The molecule has 0 fully saturated rings. The third-order valence-corrected chi connectivity index (χ3v) is 2.56. The lowest BCUT2D eigenvalue weighted by Gasteiger charge is -2.02. The van der Waals surface area contributed by atoms with Gasteiger partial charge in [0.25, 0.3) is 0 Å². The Hall–Kier alpha value is -0.640. The molecule has 0 radical (unpaired) electrons. The van der Waals surface area contributed by atoms with Crippen LogP contribution in [-0.2, 0) is 4.74 Å². The van der Waals surface area contributed by atoms with E-state index in [-0.39, 0.29) is 13.2 Å². The van der Waals surface area contributed by atoms with Crippen LogP contribution in [-0.4, -0.2) is 36.6 Å². The second-order valence-electron chi connectivity index (χ2n) is 4.29. The third-order valence-electron chi connectivity index (χ3n) is 2.56. The Kier molecular flexibility index (Phi) is 11.4. The highest BCUT2D eigenvalue weighted by Gasteiger charge is 1.91. The number of hydrogen-bond donors (Lipinski definition) is 2. The van der Waals surface area contributed by atoms with Gasteiger partial charge in [0.15, 0.2) is 0 Å². The van der Waals surface area contributed by atoms with Crippen molar-refractivity contribution in [3.05, 3.63) is 23.3 Å². The molecular formula is C14H26O3. The van der Waals surface area contributed by atoms with Gasteiger partial charge in [-0.05, 0) is 39.5 Å². The lowest BCUT2D eigenvalue weighted by atomic mass is 10.1. The molecule has 0 aliphatic carbocycles. The SMILES string of the molecule is CC(=CCOCC=C(C)CCCO)CCCO. The van der Waals surface area contributed by atoms with E-state index in [1.165, 1.54) is 11.1 Å². The Balaban J connectivity index is 3.56. The summed E-state index contributed by atoms with van der Waals surface area (Å²) >= 11 is 0. The molecule has 0 spiro atoms. The lowest BCUT2D eigenvalue weighted by Crippen LogP contribution is -1.94. The maximum atomic E-state index is 8.67. The van der Waals surface area contributed by atoms with Crippen LogP contribution in [0, 0.1) is 0 Å². The summed E-state index contributed by atoms with van der Waals surface area (Å²) in [6.45, 7) is 5.86. The standard InChI is InChI=1S/C14H26O3/c1-13(5-3-9-15)7-11-17-12-8-14(2)6-4-10-16/h7-8,15-16H,3-6,9-12H2,1-2H3. The lowest BCUT2D eigenvalue weighted by molar-refractivity contribution is 0.192. The first-order valence-corrected chi connectivity index (χ1v) is 6.31. The monoisotopic (exact) mass is 242 g/mol. The smallest absolute Gasteiger partial charge is 0.0654 e. The molecule has 17 heavy (non-hydrogen) atoms. The third kappa shape index (κ3) is 11.6. The summed E-state index contributed by atoms with van der Waals surface area (Å²) < 4.78 is 5.46. The highest BCUT2D eigenvalue weighted by Crippen LogP contribution is 2.04. The van der Waals surface area contributed by atoms with Crippen molar-refractivity contribution < 1.29 is 14.9 Å². The van der Waals surface area contributed by atoms with Crippen LogP contribution in [0.2, 0.25) is 0 Å². The molecule has 0 aromatic rings. The Morgan fingerprint density at radius 1 is 0.882 bits per heavy atom. The van der Waals surface area contributed by atoms with E-state index in [1.54, 1.807) is 0 Å². The van der Waals surface area contributed by atoms with Gasteiger partial charge in [-0.2, -0.15) is 0 Å². The fourth-order valence-corrected chi connectivity index (χ4v) is 1.39. The van der Waals surface area contributed by atoms with Gasteiger partial charge in [-0.15, -0.1) is 0 Å². The number of rotatable bonds is 10. The molecule has 2 N–H and O–H groups in total. The molecule has 0 aliphatic rings. The largest absolute Gasteiger partial charge is 0.396 e. The van der Waals surface area contributed by atoms with Gasteiger partial charge >= 0.3 is 0 Å². The zero-order valence-corrected chi connectivity index (χ0v) is 11.1. The van der Waals surface area contributed by atoms with Crippen molar-refractivity contribution in [1.29, 1.82) is 0 Å². The van der Waals surface area contributed by atoms with Crippen LogP contribution in [0.1, 0.15) is 39.5 Å². The normalized spacial score (nSPS) is 13.2. The molecule has 0 rings (SSSR count). The topological polar surface area (TPSA) is 49.7 Å². The number of allylic oxidation sites excluding steroid dienone is 2. The van der Waals surface area contributed by atoms with Gasteiger partial charge in [-0.25, -0.2) is 0 Å². The van der Waals surface area contributed by atoms with Crippen molar-refractivity contribution in [2.24, 2.45) is 0 Å². The van der Waals surface area contributed by atoms with Crippen LogP contribution in [0.15, 0.2) is 23.3 Å². The minimum absolute atomic E-state index is 0.249. The molecule has 0 bridgehead atoms. The van der Waals surface area contributed by atoms with E-state index < -0.39 is 0 Å². The van der Waals surface area contributed by atoms with E-state index in [4.69, 9.17) is 14.9 Å². The van der Waals surface area contributed by atoms with Crippen molar-refractivity contribution in [2.45, 2.75) is 39.5 Å². The highest BCUT2D eigenvalue weighted by molar-refractivity contribution is 4.99. The van der Waals surface area contributed by atoms with Crippen LogP contribution in [0.25, 0.3) is 0 Å². The predicted molar refractivity (Wildman–Crippen MR) is 71.0 cm³/mol. The number of aliphatic hydroxyl groups is 2. The van der Waals surface area contributed by atoms with Gasteiger partial charge in [-0.1, -0.05) is 23.3 Å². The molecule has 0 aromatic heterocycles. The predicted octanol–water partition coefficient (Wildman–Crippen LogP) is 2.44. The van der Waals surface area contributed by atoms with Crippen molar-refractivity contribution in [1.82, 2.24) is 0 Å². The van der Waals surface area contributed by atoms with Crippen molar-refractivity contribution in [3.63, 3.8) is 0 Å².